The van der Waals surface area contributed by atoms with Gasteiger partial charge in [-0.15, -0.1) is 0 Å². The van der Waals surface area contributed by atoms with E-state index >= 15 is 0 Å². The van der Waals surface area contributed by atoms with Crippen molar-refractivity contribution in [1.82, 2.24) is 4.90 Å². The number of hydrogen-bond acceptors (Lipinski definition) is 2. The fraction of sp³-hybridized carbons (Fsp3) is 0.368. The molecule has 0 N–H and O–H groups in total. The molecule has 1 saturated heterocycles. The van der Waals surface area contributed by atoms with Crippen molar-refractivity contribution in [2.75, 3.05) is 19.6 Å². The molecular weight excluding hydrogens is 258 g/mol. The van der Waals surface area contributed by atoms with Gasteiger partial charge in [-0.3, -0.25) is 4.90 Å². The Bertz CT molecular complexity index is 520. The van der Waals surface area contributed by atoms with Gasteiger partial charge in [-0.05, 0) is 43.6 Å². The third kappa shape index (κ3) is 4.08. The van der Waals surface area contributed by atoms with E-state index in [0.717, 1.165) is 12.3 Å². The normalized spacial score (nSPS) is 17.3. The van der Waals surface area contributed by atoms with E-state index in [1.807, 2.05) is 30.3 Å². The number of rotatable bonds is 5. The molecule has 0 aromatic heterocycles. The van der Waals surface area contributed by atoms with E-state index in [2.05, 4.69) is 35.2 Å². The minimum atomic E-state index is 0.103. The zero-order valence-electron chi connectivity index (χ0n) is 12.4. The van der Waals surface area contributed by atoms with E-state index in [1.54, 1.807) is 0 Å². The van der Waals surface area contributed by atoms with E-state index in [0.29, 0.717) is 0 Å². The molecule has 2 nitrogen and oxygen atoms in total. The maximum absolute atomic E-state index is 6.26. The molecule has 2 aromatic rings. The van der Waals surface area contributed by atoms with Crippen LogP contribution in [0.1, 0.15) is 30.9 Å². The number of benzene rings is 2. The molecule has 3 rings (SSSR count). The second kappa shape index (κ2) is 7.28. The van der Waals surface area contributed by atoms with Crippen LogP contribution in [0.25, 0.3) is 0 Å². The van der Waals surface area contributed by atoms with Crippen LogP contribution in [-0.4, -0.2) is 24.5 Å². The van der Waals surface area contributed by atoms with Crippen molar-refractivity contribution in [3.05, 3.63) is 66.2 Å². The van der Waals surface area contributed by atoms with Crippen LogP contribution in [-0.2, 0) is 0 Å². The fourth-order valence-electron chi connectivity index (χ4n) is 2.92. The Morgan fingerprint density at radius 3 is 2.10 bits per heavy atom. The van der Waals surface area contributed by atoms with Crippen LogP contribution in [0.3, 0.4) is 0 Å². The van der Waals surface area contributed by atoms with Gasteiger partial charge in [0.05, 0.1) is 0 Å². The molecule has 1 aliphatic heterocycles. The van der Waals surface area contributed by atoms with E-state index in [1.165, 1.54) is 37.9 Å². The Hall–Kier alpha value is -1.80. The Balaban J connectivity index is 1.74. The molecule has 0 radical (unpaired) electrons. The Kier molecular flexibility index (Phi) is 4.90. The van der Waals surface area contributed by atoms with Crippen LogP contribution < -0.4 is 4.74 Å². The number of piperidine rings is 1. The average molecular weight is 281 g/mol. The van der Waals surface area contributed by atoms with Crippen LogP contribution in [0.2, 0.25) is 0 Å². The smallest absolute Gasteiger partial charge is 0.136 e. The molecule has 1 heterocycles. The lowest BCUT2D eigenvalue weighted by Gasteiger charge is -2.31. The van der Waals surface area contributed by atoms with E-state index in [4.69, 9.17) is 4.74 Å². The van der Waals surface area contributed by atoms with E-state index in [-0.39, 0.29) is 6.10 Å². The van der Waals surface area contributed by atoms with Crippen molar-refractivity contribution in [3.8, 4) is 5.75 Å². The Morgan fingerprint density at radius 1 is 0.810 bits per heavy atom. The lowest BCUT2D eigenvalue weighted by molar-refractivity contribution is 0.119. The first-order chi connectivity index (χ1) is 10.4. The van der Waals surface area contributed by atoms with Gasteiger partial charge < -0.3 is 4.74 Å². The predicted molar refractivity (Wildman–Crippen MR) is 86.5 cm³/mol. The standard InChI is InChI=1S/C19H23NO/c1-4-10-17(11-5-1)19(16-20-14-8-3-9-15-20)21-18-12-6-2-7-13-18/h1-2,4-7,10-13,19H,3,8-9,14-16H2. The van der Waals surface area contributed by atoms with Gasteiger partial charge in [0.25, 0.3) is 0 Å². The number of ether oxygens (including phenoxy) is 1. The van der Waals surface area contributed by atoms with E-state index in [9.17, 15) is 0 Å². The molecule has 21 heavy (non-hydrogen) atoms. The highest BCUT2D eigenvalue weighted by Gasteiger charge is 2.19. The van der Waals surface area contributed by atoms with Gasteiger partial charge in [-0.25, -0.2) is 0 Å². The fourth-order valence-corrected chi connectivity index (χ4v) is 2.92. The first-order valence-electron chi connectivity index (χ1n) is 7.91. The van der Waals surface area contributed by atoms with Gasteiger partial charge in [0.2, 0.25) is 0 Å². The lowest BCUT2D eigenvalue weighted by Crippen LogP contribution is -2.35. The minimum Gasteiger partial charge on any atom is -0.484 e. The van der Waals surface area contributed by atoms with Gasteiger partial charge in [-0.2, -0.15) is 0 Å². The minimum absolute atomic E-state index is 0.103. The topological polar surface area (TPSA) is 12.5 Å². The Morgan fingerprint density at radius 2 is 1.43 bits per heavy atom. The summed E-state index contributed by atoms with van der Waals surface area (Å²) >= 11 is 0. The molecule has 0 saturated carbocycles. The molecule has 110 valence electrons. The molecule has 0 bridgehead atoms. The highest BCUT2D eigenvalue weighted by Crippen LogP contribution is 2.24. The van der Waals surface area contributed by atoms with Crippen molar-refractivity contribution in [1.29, 1.82) is 0 Å². The zero-order chi connectivity index (χ0) is 14.3. The second-order valence-electron chi connectivity index (χ2n) is 5.69. The van der Waals surface area contributed by atoms with Gasteiger partial charge in [0.15, 0.2) is 0 Å². The predicted octanol–water partition coefficient (Wildman–Crippen LogP) is 4.29. The number of likely N-dealkylation sites (tertiary alicyclic amines) is 1. The first-order valence-corrected chi connectivity index (χ1v) is 7.91. The highest BCUT2D eigenvalue weighted by atomic mass is 16.5. The molecule has 1 fully saturated rings. The van der Waals surface area contributed by atoms with Crippen LogP contribution >= 0.6 is 0 Å². The van der Waals surface area contributed by atoms with Gasteiger partial charge in [0, 0.05) is 6.54 Å². The summed E-state index contributed by atoms with van der Waals surface area (Å²) < 4.78 is 6.26. The summed E-state index contributed by atoms with van der Waals surface area (Å²) in [5.41, 5.74) is 1.26. The maximum Gasteiger partial charge on any atom is 0.136 e. The van der Waals surface area contributed by atoms with E-state index < -0.39 is 0 Å². The summed E-state index contributed by atoms with van der Waals surface area (Å²) in [6.45, 7) is 3.36. The van der Waals surface area contributed by atoms with Crippen LogP contribution in [0, 0.1) is 0 Å². The van der Waals surface area contributed by atoms with Crippen LogP contribution in [0.4, 0.5) is 0 Å². The zero-order valence-corrected chi connectivity index (χ0v) is 12.4. The van der Waals surface area contributed by atoms with Crippen molar-refractivity contribution < 1.29 is 4.74 Å². The summed E-state index contributed by atoms with van der Waals surface area (Å²) in [5.74, 6) is 0.948. The third-order valence-corrected chi connectivity index (χ3v) is 4.07. The number of hydrogen-bond donors (Lipinski definition) is 0. The number of nitrogens with zero attached hydrogens (tertiary/aromatic N) is 1. The molecule has 1 aliphatic rings. The summed E-state index contributed by atoms with van der Waals surface area (Å²) in [4.78, 5) is 2.53. The molecule has 1 unspecified atom stereocenters. The molecule has 2 aromatic carbocycles. The number of para-hydroxylation sites is 1. The third-order valence-electron chi connectivity index (χ3n) is 4.07. The van der Waals surface area contributed by atoms with Crippen LogP contribution in [0.5, 0.6) is 5.75 Å². The van der Waals surface area contributed by atoms with Crippen molar-refractivity contribution in [3.63, 3.8) is 0 Å². The molecule has 0 amide bonds. The molecule has 2 heteroatoms. The van der Waals surface area contributed by atoms with Crippen molar-refractivity contribution in [2.45, 2.75) is 25.4 Å². The largest absolute Gasteiger partial charge is 0.484 e. The maximum atomic E-state index is 6.26. The second-order valence-corrected chi connectivity index (χ2v) is 5.69. The highest BCUT2D eigenvalue weighted by molar-refractivity contribution is 5.24. The lowest BCUT2D eigenvalue weighted by atomic mass is 10.1. The van der Waals surface area contributed by atoms with Gasteiger partial charge in [0.1, 0.15) is 11.9 Å². The summed E-state index contributed by atoms with van der Waals surface area (Å²) in [7, 11) is 0. The van der Waals surface area contributed by atoms with Crippen molar-refractivity contribution in [2.24, 2.45) is 0 Å². The monoisotopic (exact) mass is 281 g/mol. The first kappa shape index (κ1) is 14.2. The molecule has 1 atom stereocenters. The quantitative estimate of drug-likeness (QED) is 0.810. The van der Waals surface area contributed by atoms with Gasteiger partial charge >= 0.3 is 0 Å². The Labute approximate surface area is 127 Å². The van der Waals surface area contributed by atoms with Gasteiger partial charge in [-0.1, -0.05) is 55.0 Å². The molecule has 0 spiro atoms. The molecule has 0 aliphatic carbocycles. The molecular formula is C19H23NO. The van der Waals surface area contributed by atoms with Crippen molar-refractivity contribution >= 4 is 0 Å². The SMILES string of the molecule is c1ccc(OC(CN2CCCCC2)c2ccccc2)cc1. The summed E-state index contributed by atoms with van der Waals surface area (Å²) in [6.07, 6.45) is 4.10. The summed E-state index contributed by atoms with van der Waals surface area (Å²) in [6, 6.07) is 20.7. The van der Waals surface area contributed by atoms with Crippen LogP contribution in [0.15, 0.2) is 60.7 Å². The summed E-state index contributed by atoms with van der Waals surface area (Å²) in [5, 5.41) is 0. The average Bonchev–Trinajstić information content (AvgIpc) is 2.57.